The summed E-state index contributed by atoms with van der Waals surface area (Å²) in [6, 6.07) is 5.26. The largest absolute Gasteiger partial charge is 0.450 e. The molecule has 2 heterocycles. The lowest BCUT2D eigenvalue weighted by molar-refractivity contribution is 0.168. The Hall–Kier alpha value is -2.84. The number of aryl methyl sites for hydroxylation is 1. The third-order valence-corrected chi connectivity index (χ3v) is 4.19. The molecule has 3 rings (SSSR count). The Labute approximate surface area is 155 Å². The molecule has 0 spiro atoms. The lowest BCUT2D eigenvalue weighted by Crippen LogP contribution is -2.13. The van der Waals surface area contributed by atoms with Crippen LogP contribution in [-0.2, 0) is 11.3 Å². The van der Waals surface area contributed by atoms with E-state index in [4.69, 9.17) is 27.8 Å². The number of hydrogen-bond acceptors (Lipinski definition) is 6. The number of imidazole rings is 1. The smallest absolute Gasteiger partial charge is 0.412 e. The quantitative estimate of drug-likeness (QED) is 0.604. The molecule has 0 bridgehead atoms. The topological polar surface area (TPSA) is 121 Å². The van der Waals surface area contributed by atoms with Crippen molar-refractivity contribution in [1.29, 1.82) is 0 Å². The Balaban J connectivity index is 2.21. The van der Waals surface area contributed by atoms with Crippen LogP contribution in [0.3, 0.4) is 0 Å². The van der Waals surface area contributed by atoms with E-state index in [1.165, 1.54) is 0 Å². The molecule has 0 unspecified atom stereocenters. The van der Waals surface area contributed by atoms with E-state index in [0.29, 0.717) is 22.3 Å². The minimum absolute atomic E-state index is 0.264. The summed E-state index contributed by atoms with van der Waals surface area (Å²) in [5.74, 6) is 0.728. The Morgan fingerprint density at radius 3 is 2.81 bits per heavy atom. The summed E-state index contributed by atoms with van der Waals surface area (Å²) in [5, 5.41) is 3.06. The van der Waals surface area contributed by atoms with Gasteiger partial charge in [0.15, 0.2) is 5.82 Å². The highest BCUT2D eigenvalue weighted by atomic mass is 35.5. The Bertz CT molecular complexity index is 985. The molecular formula is C17H19ClN6O2. The first-order valence-electron chi connectivity index (χ1n) is 8.02. The molecule has 0 atom stereocenters. The van der Waals surface area contributed by atoms with E-state index < -0.39 is 6.09 Å². The molecule has 0 saturated heterocycles. The number of hydrogen-bond donors (Lipinski definition) is 3. The zero-order valence-corrected chi connectivity index (χ0v) is 15.2. The number of rotatable bonds is 4. The fourth-order valence-corrected chi connectivity index (χ4v) is 3.02. The number of fused-ring (bicyclic) bond motifs is 1. The van der Waals surface area contributed by atoms with Crippen molar-refractivity contribution < 1.29 is 9.53 Å². The van der Waals surface area contributed by atoms with E-state index in [1.54, 1.807) is 29.7 Å². The van der Waals surface area contributed by atoms with Crippen LogP contribution < -0.4 is 16.8 Å². The molecule has 1 aromatic carbocycles. The predicted octanol–water partition coefficient (Wildman–Crippen LogP) is 2.97. The highest BCUT2D eigenvalue weighted by Gasteiger charge is 2.18. The summed E-state index contributed by atoms with van der Waals surface area (Å²) < 4.78 is 6.63. The molecule has 0 saturated carbocycles. The van der Waals surface area contributed by atoms with Crippen molar-refractivity contribution in [3.8, 4) is 11.3 Å². The van der Waals surface area contributed by atoms with Crippen LogP contribution in [0.25, 0.3) is 17.0 Å². The van der Waals surface area contributed by atoms with Gasteiger partial charge < -0.3 is 16.2 Å². The van der Waals surface area contributed by atoms with Crippen molar-refractivity contribution in [2.75, 3.05) is 17.7 Å². The van der Waals surface area contributed by atoms with Crippen LogP contribution in [-0.4, -0.2) is 27.1 Å². The standard InChI is InChI=1S/C17H19ClN6O2/c1-3-26-17(25)23-14-8-24-15(11-5-4-10(20)6-13(11)18)12(7-19)9(2)21-16(24)22-14/h4-6,8H,3,7,19-20H2,1-2H3,(H,23,25). The number of aromatic nitrogens is 3. The third kappa shape index (κ3) is 3.29. The number of anilines is 2. The first-order chi connectivity index (χ1) is 12.4. The molecule has 0 aliphatic heterocycles. The van der Waals surface area contributed by atoms with Crippen LogP contribution in [0.4, 0.5) is 16.3 Å². The number of carbonyl (C=O) groups is 1. The van der Waals surface area contributed by atoms with Crippen molar-refractivity contribution in [2.45, 2.75) is 20.4 Å². The summed E-state index contributed by atoms with van der Waals surface area (Å²) in [6.45, 7) is 4.11. The van der Waals surface area contributed by atoms with Gasteiger partial charge in [-0.05, 0) is 32.0 Å². The summed E-state index contributed by atoms with van der Waals surface area (Å²) in [5.41, 5.74) is 15.4. The van der Waals surface area contributed by atoms with Gasteiger partial charge in [-0.25, -0.2) is 9.78 Å². The molecule has 0 radical (unpaired) electrons. The number of nitrogen functional groups attached to an aromatic ring is 1. The second-order valence-corrected chi connectivity index (χ2v) is 6.02. The molecule has 0 aliphatic carbocycles. The average molecular weight is 375 g/mol. The van der Waals surface area contributed by atoms with Crippen molar-refractivity contribution in [3.05, 3.63) is 40.7 Å². The number of amides is 1. The van der Waals surface area contributed by atoms with E-state index in [1.807, 2.05) is 13.0 Å². The summed E-state index contributed by atoms with van der Waals surface area (Å²) >= 11 is 6.41. The number of nitrogens with zero attached hydrogens (tertiary/aromatic N) is 3. The average Bonchev–Trinajstić information content (AvgIpc) is 2.96. The molecule has 8 nitrogen and oxygen atoms in total. The van der Waals surface area contributed by atoms with Gasteiger partial charge in [0, 0.05) is 29.1 Å². The number of benzene rings is 1. The van der Waals surface area contributed by atoms with Crippen molar-refractivity contribution >= 4 is 35.0 Å². The molecular weight excluding hydrogens is 356 g/mol. The lowest BCUT2D eigenvalue weighted by atomic mass is 10.0. The minimum atomic E-state index is -0.584. The van der Waals surface area contributed by atoms with Gasteiger partial charge in [-0.2, -0.15) is 4.98 Å². The van der Waals surface area contributed by atoms with Gasteiger partial charge in [-0.15, -0.1) is 0 Å². The normalized spacial score (nSPS) is 10.9. The van der Waals surface area contributed by atoms with Crippen LogP contribution in [0, 0.1) is 6.92 Å². The van der Waals surface area contributed by atoms with Gasteiger partial charge >= 0.3 is 6.09 Å². The number of ether oxygens (including phenoxy) is 1. The monoisotopic (exact) mass is 374 g/mol. The minimum Gasteiger partial charge on any atom is -0.450 e. The van der Waals surface area contributed by atoms with E-state index in [-0.39, 0.29) is 13.2 Å². The third-order valence-electron chi connectivity index (χ3n) is 3.88. The molecule has 0 aliphatic rings. The van der Waals surface area contributed by atoms with E-state index >= 15 is 0 Å². The molecule has 2 aromatic heterocycles. The molecule has 9 heteroatoms. The zero-order chi connectivity index (χ0) is 18.8. The number of carbonyl (C=O) groups excluding carboxylic acids is 1. The molecule has 1 amide bonds. The van der Waals surface area contributed by atoms with Crippen LogP contribution in [0.2, 0.25) is 5.02 Å². The number of halogens is 1. The highest BCUT2D eigenvalue weighted by Crippen LogP contribution is 2.33. The maximum absolute atomic E-state index is 11.7. The van der Waals surface area contributed by atoms with Crippen molar-refractivity contribution in [2.24, 2.45) is 5.73 Å². The second kappa shape index (κ2) is 7.19. The summed E-state index contributed by atoms with van der Waals surface area (Å²) in [4.78, 5) is 20.5. The Kier molecular flexibility index (Phi) is 4.97. The fraction of sp³-hybridized carbons (Fsp3) is 0.235. The molecule has 3 aromatic rings. The van der Waals surface area contributed by atoms with Gasteiger partial charge in [0.1, 0.15) is 0 Å². The lowest BCUT2D eigenvalue weighted by Gasteiger charge is -2.14. The van der Waals surface area contributed by atoms with Gasteiger partial charge in [0.05, 0.1) is 23.5 Å². The Morgan fingerprint density at radius 2 is 2.15 bits per heavy atom. The van der Waals surface area contributed by atoms with Crippen molar-refractivity contribution in [3.63, 3.8) is 0 Å². The Morgan fingerprint density at radius 1 is 1.38 bits per heavy atom. The summed E-state index contributed by atoms with van der Waals surface area (Å²) in [6.07, 6.45) is 1.07. The van der Waals surface area contributed by atoms with Crippen molar-refractivity contribution in [1.82, 2.24) is 14.4 Å². The molecule has 136 valence electrons. The van der Waals surface area contributed by atoms with Crippen LogP contribution in [0.5, 0.6) is 0 Å². The van der Waals surface area contributed by atoms with Crippen LogP contribution in [0.1, 0.15) is 18.2 Å². The second-order valence-electron chi connectivity index (χ2n) is 5.61. The van der Waals surface area contributed by atoms with Crippen LogP contribution in [0.15, 0.2) is 24.4 Å². The molecule has 5 N–H and O–H groups in total. The number of nitrogens with two attached hydrogens (primary N) is 2. The first kappa shape index (κ1) is 18.0. The number of nitrogens with one attached hydrogen (secondary N) is 1. The zero-order valence-electron chi connectivity index (χ0n) is 14.4. The SMILES string of the molecule is CCOC(=O)Nc1cn2c(-c3ccc(N)cc3Cl)c(CN)c(C)nc2n1. The highest BCUT2D eigenvalue weighted by molar-refractivity contribution is 6.33. The fourth-order valence-electron chi connectivity index (χ4n) is 2.74. The van der Waals surface area contributed by atoms with Gasteiger partial charge in [0.2, 0.25) is 5.78 Å². The van der Waals surface area contributed by atoms with Gasteiger partial charge in [-0.1, -0.05) is 11.6 Å². The van der Waals surface area contributed by atoms with Crippen LogP contribution >= 0.6 is 11.6 Å². The van der Waals surface area contributed by atoms with Gasteiger partial charge in [-0.3, -0.25) is 9.72 Å². The predicted molar refractivity (Wildman–Crippen MR) is 101 cm³/mol. The first-order valence-corrected chi connectivity index (χ1v) is 8.40. The maximum atomic E-state index is 11.7. The summed E-state index contributed by atoms with van der Waals surface area (Å²) in [7, 11) is 0. The van der Waals surface area contributed by atoms with E-state index in [2.05, 4.69) is 15.3 Å². The maximum Gasteiger partial charge on any atom is 0.412 e. The molecule has 0 fully saturated rings. The molecule has 26 heavy (non-hydrogen) atoms. The van der Waals surface area contributed by atoms with Gasteiger partial charge in [0.25, 0.3) is 0 Å². The van der Waals surface area contributed by atoms with E-state index in [9.17, 15) is 4.79 Å². The van der Waals surface area contributed by atoms with E-state index in [0.717, 1.165) is 22.5 Å².